The fourth-order valence-corrected chi connectivity index (χ4v) is 0.982. The number of nitrogens with two attached hydrogens (primary N) is 1. The van der Waals surface area contributed by atoms with Crippen LogP contribution in [-0.4, -0.2) is 0 Å². The molecule has 0 aliphatic carbocycles. The van der Waals surface area contributed by atoms with Gasteiger partial charge in [0.2, 0.25) is 0 Å². The topological polar surface area (TPSA) is 26.0 Å². The Morgan fingerprint density at radius 2 is 2.33 bits per heavy atom. The molecule has 0 aromatic heterocycles. The molecule has 0 aliphatic rings. The molecule has 0 saturated heterocycles. The van der Waals surface area contributed by atoms with Crippen molar-refractivity contribution in [1.29, 1.82) is 0 Å². The number of benzene rings is 1. The second-order valence-corrected chi connectivity index (χ2v) is 2.57. The molecular weight excluding hydrogens is 153 g/mol. The molecule has 2 heteroatoms. The van der Waals surface area contributed by atoms with Crippen LogP contribution in [0.25, 0.3) is 0 Å². The van der Waals surface area contributed by atoms with Gasteiger partial charge in [-0.05, 0) is 17.7 Å². The van der Waals surface area contributed by atoms with E-state index in [0.29, 0.717) is 6.42 Å². The van der Waals surface area contributed by atoms with Gasteiger partial charge in [-0.15, -0.1) is 12.3 Å². The van der Waals surface area contributed by atoms with Crippen LogP contribution in [0.1, 0.15) is 18.0 Å². The lowest BCUT2D eigenvalue weighted by atomic mass is 10.1. The molecule has 0 spiro atoms. The van der Waals surface area contributed by atoms with Crippen molar-refractivity contribution in [2.75, 3.05) is 0 Å². The van der Waals surface area contributed by atoms with Gasteiger partial charge >= 0.3 is 0 Å². The third-order valence-corrected chi connectivity index (χ3v) is 1.61. The lowest BCUT2D eigenvalue weighted by Gasteiger charge is -2.07. The van der Waals surface area contributed by atoms with Gasteiger partial charge in [-0.2, -0.15) is 0 Å². The highest BCUT2D eigenvalue weighted by Gasteiger charge is 2.03. The van der Waals surface area contributed by atoms with Crippen LogP contribution in [0.5, 0.6) is 0 Å². The van der Waals surface area contributed by atoms with E-state index in [4.69, 9.17) is 12.2 Å². The number of halogens is 1. The lowest BCUT2D eigenvalue weighted by molar-refractivity contribution is 0.620. The number of rotatable bonds is 2. The molecule has 0 radical (unpaired) electrons. The second kappa shape index (κ2) is 3.89. The summed E-state index contributed by atoms with van der Waals surface area (Å²) in [5.41, 5.74) is 6.41. The minimum Gasteiger partial charge on any atom is -0.323 e. The largest absolute Gasteiger partial charge is 0.323 e. The summed E-state index contributed by atoms with van der Waals surface area (Å²) in [6.45, 7) is 0. The summed E-state index contributed by atoms with van der Waals surface area (Å²) in [5.74, 6) is 2.16. The van der Waals surface area contributed by atoms with Crippen molar-refractivity contribution in [3.63, 3.8) is 0 Å². The summed E-state index contributed by atoms with van der Waals surface area (Å²) in [4.78, 5) is 0. The van der Waals surface area contributed by atoms with E-state index in [0.717, 1.165) is 5.56 Å². The van der Waals surface area contributed by atoms with Crippen molar-refractivity contribution < 1.29 is 4.39 Å². The summed E-state index contributed by atoms with van der Waals surface area (Å²) in [7, 11) is 0. The third-order valence-electron chi connectivity index (χ3n) is 1.61. The van der Waals surface area contributed by atoms with Crippen LogP contribution in [0.4, 0.5) is 4.39 Å². The zero-order chi connectivity index (χ0) is 8.97. The van der Waals surface area contributed by atoms with Crippen LogP contribution in [0.3, 0.4) is 0 Å². The summed E-state index contributed by atoms with van der Waals surface area (Å²) in [6, 6.07) is 5.92. The maximum absolute atomic E-state index is 12.7. The Kier molecular flexibility index (Phi) is 2.84. The zero-order valence-corrected chi connectivity index (χ0v) is 6.63. The molecule has 12 heavy (non-hydrogen) atoms. The van der Waals surface area contributed by atoms with Crippen LogP contribution in [0.15, 0.2) is 24.3 Å². The van der Waals surface area contributed by atoms with Gasteiger partial charge in [0, 0.05) is 12.5 Å². The number of hydrogen-bond acceptors (Lipinski definition) is 1. The maximum atomic E-state index is 12.7. The summed E-state index contributed by atoms with van der Waals surface area (Å²) in [6.07, 6.45) is 5.52. The smallest absolute Gasteiger partial charge is 0.123 e. The Hall–Kier alpha value is -1.33. The normalized spacial score (nSPS) is 12.1. The average Bonchev–Trinajstić information content (AvgIpc) is 2.05. The van der Waals surface area contributed by atoms with Crippen LogP contribution in [0.2, 0.25) is 0 Å². The highest BCUT2D eigenvalue weighted by atomic mass is 19.1. The molecule has 1 rings (SSSR count). The van der Waals surface area contributed by atoms with E-state index in [1.807, 2.05) is 0 Å². The van der Waals surface area contributed by atoms with Gasteiger partial charge < -0.3 is 5.73 Å². The Labute approximate surface area is 71.4 Å². The van der Waals surface area contributed by atoms with Crippen molar-refractivity contribution in [2.24, 2.45) is 5.73 Å². The molecule has 0 amide bonds. The Morgan fingerprint density at radius 3 is 2.92 bits per heavy atom. The van der Waals surface area contributed by atoms with Crippen LogP contribution >= 0.6 is 0 Å². The van der Waals surface area contributed by atoms with E-state index in [1.165, 1.54) is 12.1 Å². The molecule has 0 saturated carbocycles. The monoisotopic (exact) mass is 163 g/mol. The highest BCUT2D eigenvalue weighted by molar-refractivity contribution is 5.20. The summed E-state index contributed by atoms with van der Waals surface area (Å²) in [5, 5.41) is 0. The van der Waals surface area contributed by atoms with E-state index >= 15 is 0 Å². The number of terminal acetylenes is 1. The third kappa shape index (κ3) is 2.08. The van der Waals surface area contributed by atoms with Crippen LogP contribution < -0.4 is 5.73 Å². The fourth-order valence-electron chi connectivity index (χ4n) is 0.982. The molecule has 1 aromatic carbocycles. The first-order valence-electron chi connectivity index (χ1n) is 3.68. The quantitative estimate of drug-likeness (QED) is 0.661. The lowest BCUT2D eigenvalue weighted by Crippen LogP contribution is -2.09. The zero-order valence-electron chi connectivity index (χ0n) is 6.63. The molecule has 1 unspecified atom stereocenters. The average molecular weight is 163 g/mol. The fraction of sp³-hybridized carbons (Fsp3) is 0.200. The van der Waals surface area contributed by atoms with E-state index in [2.05, 4.69) is 5.92 Å². The predicted molar refractivity (Wildman–Crippen MR) is 46.8 cm³/mol. The highest BCUT2D eigenvalue weighted by Crippen LogP contribution is 2.13. The number of hydrogen-bond donors (Lipinski definition) is 1. The molecule has 1 aromatic rings. The Morgan fingerprint density at radius 1 is 1.58 bits per heavy atom. The van der Waals surface area contributed by atoms with Crippen molar-refractivity contribution in [1.82, 2.24) is 0 Å². The molecule has 1 atom stereocenters. The predicted octanol–water partition coefficient (Wildman–Crippen LogP) is 1.85. The van der Waals surface area contributed by atoms with E-state index in [-0.39, 0.29) is 11.9 Å². The Bertz CT molecular complexity index is 301. The van der Waals surface area contributed by atoms with Gasteiger partial charge in [0.25, 0.3) is 0 Å². The standard InChI is InChI=1S/C10H10FN/c1-2-4-10(12)8-5-3-6-9(11)7-8/h1,3,5-7,10H,4,12H2. The molecular formula is C10H10FN. The minimum absolute atomic E-state index is 0.259. The molecule has 0 bridgehead atoms. The van der Waals surface area contributed by atoms with E-state index < -0.39 is 0 Å². The van der Waals surface area contributed by atoms with E-state index in [1.54, 1.807) is 12.1 Å². The van der Waals surface area contributed by atoms with Gasteiger partial charge in [-0.1, -0.05) is 12.1 Å². The van der Waals surface area contributed by atoms with Gasteiger partial charge in [-0.25, -0.2) is 4.39 Å². The van der Waals surface area contributed by atoms with Gasteiger partial charge in [0.15, 0.2) is 0 Å². The molecule has 62 valence electrons. The second-order valence-electron chi connectivity index (χ2n) is 2.57. The summed E-state index contributed by atoms with van der Waals surface area (Å²) < 4.78 is 12.7. The van der Waals surface area contributed by atoms with Crippen LogP contribution in [-0.2, 0) is 0 Å². The molecule has 0 fully saturated rings. The summed E-state index contributed by atoms with van der Waals surface area (Å²) >= 11 is 0. The first kappa shape index (κ1) is 8.76. The molecule has 0 aliphatic heterocycles. The van der Waals surface area contributed by atoms with Gasteiger partial charge in [-0.3, -0.25) is 0 Å². The van der Waals surface area contributed by atoms with Crippen LogP contribution in [0, 0.1) is 18.2 Å². The van der Waals surface area contributed by atoms with Crippen molar-refractivity contribution in [3.8, 4) is 12.3 Å². The Balaban J connectivity index is 2.82. The van der Waals surface area contributed by atoms with Crippen molar-refractivity contribution in [2.45, 2.75) is 12.5 Å². The van der Waals surface area contributed by atoms with Crippen molar-refractivity contribution in [3.05, 3.63) is 35.6 Å². The van der Waals surface area contributed by atoms with E-state index in [9.17, 15) is 4.39 Å². The van der Waals surface area contributed by atoms with Crippen molar-refractivity contribution >= 4 is 0 Å². The molecule has 2 N–H and O–H groups in total. The first-order valence-corrected chi connectivity index (χ1v) is 3.68. The molecule has 1 nitrogen and oxygen atoms in total. The SMILES string of the molecule is C#CCC(N)c1cccc(F)c1. The van der Waals surface area contributed by atoms with Gasteiger partial charge in [0.05, 0.1) is 0 Å². The maximum Gasteiger partial charge on any atom is 0.123 e. The molecule has 0 heterocycles. The first-order chi connectivity index (χ1) is 5.74. The van der Waals surface area contributed by atoms with Gasteiger partial charge in [0.1, 0.15) is 5.82 Å². The minimum atomic E-state index is -0.278.